The van der Waals surface area contributed by atoms with Crippen molar-refractivity contribution in [3.63, 3.8) is 0 Å². The highest BCUT2D eigenvalue weighted by atomic mass is 35.5. The fourth-order valence-electron chi connectivity index (χ4n) is 3.12. The summed E-state index contributed by atoms with van der Waals surface area (Å²) in [5.41, 5.74) is 7.72. The monoisotopic (exact) mass is 404 g/mol. The number of carbonyl (C=O) groups excluding carboxylic acids is 1. The minimum Gasteiger partial charge on any atom is -0.493 e. The van der Waals surface area contributed by atoms with Crippen LogP contribution in [-0.4, -0.2) is 54.7 Å². The SMILES string of the molecule is CCOc1cc(N)c(Cl)cc1C(=O)NCC1CN(Cc2cccnc2)CCO1. The van der Waals surface area contributed by atoms with Crippen molar-refractivity contribution in [3.05, 3.63) is 52.8 Å². The Morgan fingerprint density at radius 1 is 1.50 bits per heavy atom. The minimum atomic E-state index is -0.265. The third-order valence-electron chi connectivity index (χ3n) is 4.49. The van der Waals surface area contributed by atoms with Crippen LogP contribution in [0.3, 0.4) is 0 Å². The standard InChI is InChI=1S/C20H25ClN4O3/c1-2-27-19-9-18(22)17(21)8-16(19)20(26)24-11-15-13-25(6-7-28-15)12-14-4-3-5-23-10-14/h3-5,8-10,15H,2,6-7,11-13,22H2,1H3,(H,24,26). The molecule has 28 heavy (non-hydrogen) atoms. The number of nitrogen functional groups attached to an aromatic ring is 1. The lowest BCUT2D eigenvalue weighted by Crippen LogP contribution is -2.47. The van der Waals surface area contributed by atoms with Crippen LogP contribution in [0, 0.1) is 0 Å². The summed E-state index contributed by atoms with van der Waals surface area (Å²) >= 11 is 6.08. The normalized spacial score (nSPS) is 17.3. The Morgan fingerprint density at radius 2 is 2.36 bits per heavy atom. The van der Waals surface area contributed by atoms with Gasteiger partial charge in [0.2, 0.25) is 0 Å². The number of pyridine rings is 1. The number of nitrogens with one attached hydrogen (secondary N) is 1. The molecule has 8 heteroatoms. The third-order valence-corrected chi connectivity index (χ3v) is 4.81. The number of nitrogens with zero attached hydrogens (tertiary/aromatic N) is 2. The zero-order valence-electron chi connectivity index (χ0n) is 15.9. The van der Waals surface area contributed by atoms with E-state index in [1.54, 1.807) is 12.3 Å². The van der Waals surface area contributed by atoms with Crippen molar-refractivity contribution in [2.24, 2.45) is 0 Å². The second-order valence-corrected chi connectivity index (χ2v) is 7.01. The number of hydrogen-bond donors (Lipinski definition) is 2. The third kappa shape index (κ3) is 5.34. The molecule has 1 amide bonds. The van der Waals surface area contributed by atoms with Gasteiger partial charge < -0.3 is 20.5 Å². The quantitative estimate of drug-likeness (QED) is 0.688. The van der Waals surface area contributed by atoms with Gasteiger partial charge in [-0.05, 0) is 24.6 Å². The molecule has 3 N–H and O–H groups in total. The number of ether oxygens (including phenoxy) is 2. The molecule has 1 unspecified atom stereocenters. The van der Waals surface area contributed by atoms with Crippen LogP contribution >= 0.6 is 11.6 Å². The first kappa shape index (κ1) is 20.4. The van der Waals surface area contributed by atoms with Crippen molar-refractivity contribution in [2.45, 2.75) is 19.6 Å². The zero-order valence-corrected chi connectivity index (χ0v) is 16.6. The van der Waals surface area contributed by atoms with Crippen LogP contribution < -0.4 is 15.8 Å². The van der Waals surface area contributed by atoms with E-state index in [0.717, 1.165) is 25.2 Å². The van der Waals surface area contributed by atoms with E-state index in [2.05, 4.69) is 21.3 Å². The summed E-state index contributed by atoms with van der Waals surface area (Å²) < 4.78 is 11.3. The summed E-state index contributed by atoms with van der Waals surface area (Å²) in [6.45, 7) is 5.69. The summed E-state index contributed by atoms with van der Waals surface area (Å²) in [4.78, 5) is 19.1. The molecule has 150 valence electrons. The van der Waals surface area contributed by atoms with Gasteiger partial charge in [0.05, 0.1) is 35.6 Å². The number of amides is 1. The van der Waals surface area contributed by atoms with Crippen molar-refractivity contribution in [2.75, 3.05) is 38.6 Å². The van der Waals surface area contributed by atoms with E-state index in [-0.39, 0.29) is 12.0 Å². The van der Waals surface area contributed by atoms with E-state index in [4.69, 9.17) is 26.8 Å². The van der Waals surface area contributed by atoms with Crippen molar-refractivity contribution in [1.29, 1.82) is 0 Å². The van der Waals surface area contributed by atoms with Gasteiger partial charge >= 0.3 is 0 Å². The molecule has 3 rings (SSSR count). The molecule has 0 aliphatic carbocycles. The number of rotatable bonds is 7. The molecule has 0 radical (unpaired) electrons. The Morgan fingerprint density at radius 3 is 3.11 bits per heavy atom. The Kier molecular flexibility index (Phi) is 7.08. The highest BCUT2D eigenvalue weighted by molar-refractivity contribution is 6.33. The topological polar surface area (TPSA) is 89.7 Å². The molecule has 1 aliphatic rings. The van der Waals surface area contributed by atoms with E-state index < -0.39 is 0 Å². The predicted octanol–water partition coefficient (Wildman–Crippen LogP) is 2.35. The Balaban J connectivity index is 1.57. The van der Waals surface area contributed by atoms with Crippen LogP contribution in [-0.2, 0) is 11.3 Å². The van der Waals surface area contributed by atoms with Crippen LogP contribution in [0.2, 0.25) is 5.02 Å². The van der Waals surface area contributed by atoms with Crippen molar-refractivity contribution in [1.82, 2.24) is 15.2 Å². The van der Waals surface area contributed by atoms with E-state index in [0.29, 0.717) is 41.8 Å². The van der Waals surface area contributed by atoms with E-state index in [1.807, 2.05) is 19.2 Å². The summed E-state index contributed by atoms with van der Waals surface area (Å²) in [7, 11) is 0. The van der Waals surface area contributed by atoms with Crippen LogP contribution in [0.5, 0.6) is 5.75 Å². The second kappa shape index (κ2) is 9.73. The lowest BCUT2D eigenvalue weighted by Gasteiger charge is -2.33. The highest BCUT2D eigenvalue weighted by Crippen LogP contribution is 2.29. The molecule has 0 bridgehead atoms. The average Bonchev–Trinajstić information content (AvgIpc) is 2.70. The molecular weight excluding hydrogens is 380 g/mol. The van der Waals surface area contributed by atoms with Crippen LogP contribution in [0.25, 0.3) is 0 Å². The first-order valence-electron chi connectivity index (χ1n) is 9.29. The fraction of sp³-hybridized carbons (Fsp3) is 0.400. The summed E-state index contributed by atoms with van der Waals surface area (Å²) in [6.07, 6.45) is 3.54. The number of morpholine rings is 1. The Bertz CT molecular complexity index is 804. The average molecular weight is 405 g/mol. The minimum absolute atomic E-state index is 0.0887. The summed E-state index contributed by atoms with van der Waals surface area (Å²) in [6, 6.07) is 7.10. The summed E-state index contributed by atoms with van der Waals surface area (Å²) in [5.74, 6) is 0.156. The smallest absolute Gasteiger partial charge is 0.255 e. The van der Waals surface area contributed by atoms with E-state index >= 15 is 0 Å². The molecule has 1 saturated heterocycles. The van der Waals surface area contributed by atoms with Gasteiger partial charge in [0.15, 0.2) is 0 Å². The second-order valence-electron chi connectivity index (χ2n) is 6.60. The molecular formula is C20H25ClN4O3. The molecule has 1 fully saturated rings. The molecule has 7 nitrogen and oxygen atoms in total. The van der Waals surface area contributed by atoms with Gasteiger partial charge in [-0.15, -0.1) is 0 Å². The largest absolute Gasteiger partial charge is 0.493 e. The molecule has 1 aromatic carbocycles. The van der Waals surface area contributed by atoms with Gasteiger partial charge in [-0.25, -0.2) is 0 Å². The van der Waals surface area contributed by atoms with Gasteiger partial charge in [0.25, 0.3) is 5.91 Å². The van der Waals surface area contributed by atoms with Crippen molar-refractivity contribution >= 4 is 23.2 Å². The van der Waals surface area contributed by atoms with Crippen LogP contribution in [0.15, 0.2) is 36.7 Å². The molecule has 1 atom stereocenters. The number of nitrogens with two attached hydrogens (primary N) is 1. The zero-order chi connectivity index (χ0) is 19.9. The molecule has 0 saturated carbocycles. The van der Waals surface area contributed by atoms with Gasteiger partial charge in [0.1, 0.15) is 5.75 Å². The Hall–Kier alpha value is -2.35. The van der Waals surface area contributed by atoms with Crippen molar-refractivity contribution < 1.29 is 14.3 Å². The van der Waals surface area contributed by atoms with Gasteiger partial charge in [0, 0.05) is 44.6 Å². The Labute approximate surface area is 169 Å². The van der Waals surface area contributed by atoms with Gasteiger partial charge in [-0.1, -0.05) is 17.7 Å². The maximum absolute atomic E-state index is 12.7. The maximum Gasteiger partial charge on any atom is 0.255 e. The molecule has 2 aromatic rings. The molecule has 2 heterocycles. The predicted molar refractivity (Wildman–Crippen MR) is 109 cm³/mol. The van der Waals surface area contributed by atoms with E-state index in [1.165, 1.54) is 6.07 Å². The van der Waals surface area contributed by atoms with Gasteiger partial charge in [-0.3, -0.25) is 14.7 Å². The molecule has 0 spiro atoms. The first-order chi connectivity index (χ1) is 13.6. The van der Waals surface area contributed by atoms with Crippen LogP contribution in [0.4, 0.5) is 5.69 Å². The van der Waals surface area contributed by atoms with Gasteiger partial charge in [-0.2, -0.15) is 0 Å². The number of aromatic nitrogens is 1. The number of hydrogen-bond acceptors (Lipinski definition) is 6. The number of halogens is 1. The van der Waals surface area contributed by atoms with E-state index in [9.17, 15) is 4.79 Å². The lowest BCUT2D eigenvalue weighted by molar-refractivity contribution is -0.0293. The highest BCUT2D eigenvalue weighted by Gasteiger charge is 2.22. The summed E-state index contributed by atoms with van der Waals surface area (Å²) in [5, 5.41) is 3.24. The van der Waals surface area contributed by atoms with Crippen molar-refractivity contribution in [3.8, 4) is 5.75 Å². The van der Waals surface area contributed by atoms with Crippen LogP contribution in [0.1, 0.15) is 22.8 Å². The fourth-order valence-corrected chi connectivity index (χ4v) is 3.28. The number of benzene rings is 1. The first-order valence-corrected chi connectivity index (χ1v) is 9.67. The number of anilines is 1. The molecule has 1 aliphatic heterocycles. The lowest BCUT2D eigenvalue weighted by atomic mass is 10.1. The number of carbonyl (C=O) groups is 1. The maximum atomic E-state index is 12.7. The molecule has 1 aromatic heterocycles.